The highest BCUT2D eigenvalue weighted by molar-refractivity contribution is 6.05. The molecule has 6 heteroatoms. The third kappa shape index (κ3) is 2.94. The van der Waals surface area contributed by atoms with Crippen LogP contribution < -0.4 is 14.8 Å². The molecule has 0 bridgehead atoms. The number of benzene rings is 2. The van der Waals surface area contributed by atoms with Gasteiger partial charge in [-0.25, -0.2) is 4.68 Å². The van der Waals surface area contributed by atoms with Crippen molar-refractivity contribution in [2.24, 2.45) is 0 Å². The number of para-hydroxylation sites is 1. The quantitative estimate of drug-likeness (QED) is 0.798. The molecule has 0 fully saturated rings. The molecule has 2 heterocycles. The molecule has 0 unspecified atom stereocenters. The molecular weight excluding hydrogens is 318 g/mol. The van der Waals surface area contributed by atoms with Crippen molar-refractivity contribution in [3.63, 3.8) is 0 Å². The number of nitrogens with zero attached hydrogens (tertiary/aromatic N) is 2. The van der Waals surface area contributed by atoms with E-state index in [1.807, 2.05) is 37.3 Å². The van der Waals surface area contributed by atoms with Gasteiger partial charge in [0, 0.05) is 11.8 Å². The smallest absolute Gasteiger partial charge is 0.259 e. The Morgan fingerprint density at radius 2 is 1.84 bits per heavy atom. The van der Waals surface area contributed by atoms with Crippen LogP contribution in [0.3, 0.4) is 0 Å². The van der Waals surface area contributed by atoms with Gasteiger partial charge in [-0.3, -0.25) is 4.79 Å². The van der Waals surface area contributed by atoms with Crippen LogP contribution in [0.2, 0.25) is 0 Å². The second-order valence-electron chi connectivity index (χ2n) is 5.70. The molecule has 3 aromatic rings. The minimum absolute atomic E-state index is 0.212. The molecule has 1 aliphatic heterocycles. The highest BCUT2D eigenvalue weighted by atomic mass is 16.6. The third-order valence-corrected chi connectivity index (χ3v) is 4.06. The maximum atomic E-state index is 12.6. The van der Waals surface area contributed by atoms with Crippen LogP contribution in [-0.4, -0.2) is 28.9 Å². The number of aromatic nitrogens is 2. The highest BCUT2D eigenvalue weighted by Crippen LogP contribution is 2.32. The zero-order chi connectivity index (χ0) is 17.2. The van der Waals surface area contributed by atoms with Gasteiger partial charge in [-0.2, -0.15) is 5.10 Å². The first-order chi connectivity index (χ1) is 12.2. The molecule has 0 atom stereocenters. The summed E-state index contributed by atoms with van der Waals surface area (Å²) in [6, 6.07) is 15.1. The number of carbonyl (C=O) groups is 1. The fraction of sp³-hybridized carbons (Fsp3) is 0.158. The molecule has 0 radical (unpaired) electrons. The number of fused-ring (bicyclic) bond motifs is 1. The number of anilines is 1. The number of carbonyl (C=O) groups excluding carboxylic acids is 1. The van der Waals surface area contributed by atoms with E-state index < -0.39 is 0 Å². The molecule has 25 heavy (non-hydrogen) atoms. The molecule has 1 aliphatic rings. The first kappa shape index (κ1) is 15.3. The van der Waals surface area contributed by atoms with Crippen molar-refractivity contribution in [3.8, 4) is 17.2 Å². The summed E-state index contributed by atoms with van der Waals surface area (Å²) in [7, 11) is 0. The number of amides is 1. The minimum atomic E-state index is -0.212. The van der Waals surface area contributed by atoms with E-state index in [0.717, 1.165) is 11.4 Å². The first-order valence-corrected chi connectivity index (χ1v) is 8.03. The lowest BCUT2D eigenvalue weighted by Gasteiger charge is -2.19. The van der Waals surface area contributed by atoms with E-state index in [4.69, 9.17) is 9.47 Å². The Hall–Kier alpha value is -3.28. The second kappa shape index (κ2) is 6.32. The van der Waals surface area contributed by atoms with Crippen LogP contribution in [0.4, 0.5) is 5.69 Å². The Kier molecular flexibility index (Phi) is 3.85. The minimum Gasteiger partial charge on any atom is -0.486 e. The summed E-state index contributed by atoms with van der Waals surface area (Å²) in [5.41, 5.74) is 2.87. The first-order valence-electron chi connectivity index (χ1n) is 8.03. The molecule has 0 saturated heterocycles. The number of ether oxygens (including phenoxy) is 2. The van der Waals surface area contributed by atoms with E-state index in [9.17, 15) is 4.79 Å². The Bertz CT molecular complexity index is 919. The van der Waals surface area contributed by atoms with Crippen molar-refractivity contribution in [1.29, 1.82) is 0 Å². The van der Waals surface area contributed by atoms with Crippen molar-refractivity contribution >= 4 is 11.6 Å². The van der Waals surface area contributed by atoms with Gasteiger partial charge in [-0.1, -0.05) is 18.2 Å². The highest BCUT2D eigenvalue weighted by Gasteiger charge is 2.17. The van der Waals surface area contributed by atoms with Crippen LogP contribution in [0.1, 0.15) is 16.1 Å². The fourth-order valence-corrected chi connectivity index (χ4v) is 2.78. The predicted molar refractivity (Wildman–Crippen MR) is 93.7 cm³/mol. The molecule has 1 aromatic heterocycles. The molecule has 0 spiro atoms. The van der Waals surface area contributed by atoms with Crippen molar-refractivity contribution in [2.45, 2.75) is 6.92 Å². The van der Waals surface area contributed by atoms with Crippen LogP contribution in [-0.2, 0) is 0 Å². The molecule has 0 aliphatic carbocycles. The van der Waals surface area contributed by atoms with E-state index in [2.05, 4.69) is 10.4 Å². The van der Waals surface area contributed by atoms with Gasteiger partial charge in [0.1, 0.15) is 13.2 Å². The zero-order valence-corrected chi connectivity index (χ0v) is 13.7. The summed E-state index contributed by atoms with van der Waals surface area (Å²) in [5, 5.41) is 7.22. The van der Waals surface area contributed by atoms with Crippen LogP contribution in [0.25, 0.3) is 5.69 Å². The van der Waals surface area contributed by atoms with Crippen LogP contribution in [0.15, 0.2) is 54.7 Å². The summed E-state index contributed by atoms with van der Waals surface area (Å²) < 4.78 is 12.8. The van der Waals surface area contributed by atoms with Crippen molar-refractivity contribution in [1.82, 2.24) is 9.78 Å². The standard InChI is InChI=1S/C19H17N3O3/c1-13-16(12-20-22(13)15-5-3-2-4-6-15)19(23)21-14-7-8-17-18(11-14)25-10-9-24-17/h2-8,11-12H,9-10H2,1H3,(H,21,23). The van der Waals surface area contributed by atoms with Crippen LogP contribution >= 0.6 is 0 Å². The molecule has 1 amide bonds. The lowest BCUT2D eigenvalue weighted by molar-refractivity contribution is 0.102. The van der Waals surface area contributed by atoms with Gasteiger partial charge in [0.15, 0.2) is 11.5 Å². The lowest BCUT2D eigenvalue weighted by atomic mass is 10.2. The SMILES string of the molecule is Cc1c(C(=O)Nc2ccc3c(c2)OCCO3)cnn1-c1ccccc1. The Balaban J connectivity index is 1.57. The normalized spacial score (nSPS) is 12.7. The summed E-state index contributed by atoms with van der Waals surface area (Å²) in [4.78, 5) is 12.6. The topological polar surface area (TPSA) is 65.4 Å². The maximum absolute atomic E-state index is 12.6. The molecule has 2 aromatic carbocycles. The summed E-state index contributed by atoms with van der Waals surface area (Å²) >= 11 is 0. The van der Waals surface area contributed by atoms with Gasteiger partial charge >= 0.3 is 0 Å². The number of rotatable bonds is 3. The van der Waals surface area contributed by atoms with E-state index >= 15 is 0 Å². The van der Waals surface area contributed by atoms with E-state index in [1.165, 1.54) is 0 Å². The van der Waals surface area contributed by atoms with Gasteiger partial charge in [0.2, 0.25) is 0 Å². The average molecular weight is 335 g/mol. The zero-order valence-electron chi connectivity index (χ0n) is 13.7. The van der Waals surface area contributed by atoms with Gasteiger partial charge < -0.3 is 14.8 Å². The molecule has 4 rings (SSSR count). The van der Waals surface area contributed by atoms with Crippen molar-refractivity contribution in [3.05, 3.63) is 66.0 Å². The van der Waals surface area contributed by atoms with Gasteiger partial charge in [-0.15, -0.1) is 0 Å². The third-order valence-electron chi connectivity index (χ3n) is 4.06. The Morgan fingerprint density at radius 3 is 2.64 bits per heavy atom. The summed E-state index contributed by atoms with van der Waals surface area (Å²) in [5.74, 6) is 1.12. The van der Waals surface area contributed by atoms with Crippen molar-refractivity contribution < 1.29 is 14.3 Å². The molecule has 126 valence electrons. The number of hydrogen-bond acceptors (Lipinski definition) is 4. The molecule has 0 saturated carbocycles. The fourth-order valence-electron chi connectivity index (χ4n) is 2.78. The summed E-state index contributed by atoms with van der Waals surface area (Å²) in [6.07, 6.45) is 1.58. The Morgan fingerprint density at radius 1 is 1.08 bits per heavy atom. The maximum Gasteiger partial charge on any atom is 0.259 e. The van der Waals surface area contributed by atoms with Crippen LogP contribution in [0, 0.1) is 6.92 Å². The number of hydrogen-bond donors (Lipinski definition) is 1. The molecular formula is C19H17N3O3. The average Bonchev–Trinajstić information content (AvgIpc) is 3.04. The van der Waals surface area contributed by atoms with Crippen molar-refractivity contribution in [2.75, 3.05) is 18.5 Å². The Labute approximate surface area is 145 Å². The van der Waals surface area contributed by atoms with E-state index in [1.54, 1.807) is 29.1 Å². The van der Waals surface area contributed by atoms with E-state index in [0.29, 0.717) is 36.0 Å². The van der Waals surface area contributed by atoms with Crippen LogP contribution in [0.5, 0.6) is 11.5 Å². The molecule has 1 N–H and O–H groups in total. The largest absolute Gasteiger partial charge is 0.486 e. The summed E-state index contributed by atoms with van der Waals surface area (Å²) in [6.45, 7) is 2.92. The van der Waals surface area contributed by atoms with E-state index in [-0.39, 0.29) is 5.91 Å². The van der Waals surface area contributed by atoms with Gasteiger partial charge in [0.05, 0.1) is 23.1 Å². The predicted octanol–water partition coefficient (Wildman–Crippen LogP) is 3.20. The lowest BCUT2D eigenvalue weighted by Crippen LogP contribution is -2.16. The monoisotopic (exact) mass is 335 g/mol. The second-order valence-corrected chi connectivity index (χ2v) is 5.70. The van der Waals surface area contributed by atoms with Gasteiger partial charge in [0.25, 0.3) is 5.91 Å². The van der Waals surface area contributed by atoms with Gasteiger partial charge in [-0.05, 0) is 31.2 Å². The molecule has 6 nitrogen and oxygen atoms in total. The number of nitrogens with one attached hydrogen (secondary N) is 1.